The Labute approximate surface area is 162 Å². The van der Waals surface area contributed by atoms with Gasteiger partial charge in [0.2, 0.25) is 5.91 Å². The standard InChI is InChI=1S/C23H31N3O/c1-14(13-26-17(4)15(2)16(3)25-26)23(27)24-22-20-12-8-11-19(20)21(22)18-9-6-5-7-10-18/h5-7,9-10,14,19-22H,8,11-13H2,1-4H3,(H,24,27)/t14-,19+,20+,21+,22+/m0/s1. The molecule has 2 saturated carbocycles. The number of hydrogen-bond acceptors (Lipinski definition) is 2. The maximum Gasteiger partial charge on any atom is 0.224 e. The molecule has 0 unspecified atom stereocenters. The quantitative estimate of drug-likeness (QED) is 0.865. The summed E-state index contributed by atoms with van der Waals surface area (Å²) in [5.74, 6) is 1.95. The lowest BCUT2D eigenvalue weighted by molar-refractivity contribution is -0.127. The van der Waals surface area contributed by atoms with Crippen LogP contribution < -0.4 is 5.32 Å². The summed E-state index contributed by atoms with van der Waals surface area (Å²) in [5.41, 5.74) is 4.82. The largest absolute Gasteiger partial charge is 0.352 e. The highest BCUT2D eigenvalue weighted by molar-refractivity contribution is 5.79. The van der Waals surface area contributed by atoms with Gasteiger partial charge in [0, 0.05) is 17.7 Å². The number of benzene rings is 1. The lowest BCUT2D eigenvalue weighted by Crippen LogP contribution is -2.57. The Hall–Kier alpha value is -2.10. The van der Waals surface area contributed by atoms with E-state index in [0.29, 0.717) is 18.4 Å². The third kappa shape index (κ3) is 3.19. The number of aryl methyl sites for hydroxylation is 1. The van der Waals surface area contributed by atoms with E-state index >= 15 is 0 Å². The van der Waals surface area contributed by atoms with E-state index in [4.69, 9.17) is 0 Å². The molecule has 1 heterocycles. The van der Waals surface area contributed by atoms with Crippen molar-refractivity contribution in [3.8, 4) is 0 Å². The van der Waals surface area contributed by atoms with E-state index < -0.39 is 0 Å². The molecule has 5 atom stereocenters. The van der Waals surface area contributed by atoms with Gasteiger partial charge >= 0.3 is 0 Å². The second-order valence-corrected chi connectivity index (χ2v) is 8.61. The first kappa shape index (κ1) is 18.3. The van der Waals surface area contributed by atoms with Crippen LogP contribution in [0, 0.1) is 38.5 Å². The number of hydrogen-bond donors (Lipinski definition) is 1. The van der Waals surface area contributed by atoms with E-state index in [0.717, 1.165) is 17.3 Å². The summed E-state index contributed by atoms with van der Waals surface area (Å²) in [4.78, 5) is 13.0. The molecule has 1 aromatic heterocycles. The van der Waals surface area contributed by atoms with Crippen LogP contribution in [0.4, 0.5) is 0 Å². The molecule has 2 aromatic rings. The summed E-state index contributed by atoms with van der Waals surface area (Å²) in [6, 6.07) is 11.0. The predicted octanol–water partition coefficient (Wildman–Crippen LogP) is 4.14. The van der Waals surface area contributed by atoms with Crippen molar-refractivity contribution < 1.29 is 4.79 Å². The molecule has 0 radical (unpaired) electrons. The number of fused-ring (bicyclic) bond motifs is 1. The zero-order valence-corrected chi connectivity index (χ0v) is 16.9. The van der Waals surface area contributed by atoms with Gasteiger partial charge in [-0.05, 0) is 56.6 Å². The summed E-state index contributed by atoms with van der Waals surface area (Å²) in [7, 11) is 0. The number of nitrogens with one attached hydrogen (secondary N) is 1. The highest BCUT2D eigenvalue weighted by atomic mass is 16.2. The molecule has 2 aliphatic carbocycles. The molecule has 1 aromatic carbocycles. The first-order valence-corrected chi connectivity index (χ1v) is 10.3. The first-order valence-electron chi connectivity index (χ1n) is 10.3. The third-order valence-electron chi connectivity index (χ3n) is 7.07. The van der Waals surface area contributed by atoms with Gasteiger partial charge in [0.15, 0.2) is 0 Å². The Kier molecular flexibility index (Phi) is 4.83. The van der Waals surface area contributed by atoms with Crippen LogP contribution >= 0.6 is 0 Å². The first-order chi connectivity index (χ1) is 13.0. The SMILES string of the molecule is Cc1nn(C[C@H](C)C(=O)N[C@@H]2[C@@H]3CCC[C@H]3[C@H]2c2ccccc2)c(C)c1C. The summed E-state index contributed by atoms with van der Waals surface area (Å²) in [5, 5.41) is 8.02. The zero-order valence-electron chi connectivity index (χ0n) is 16.9. The molecule has 0 spiro atoms. The molecular formula is C23H31N3O. The zero-order chi connectivity index (χ0) is 19.1. The van der Waals surface area contributed by atoms with E-state index in [1.807, 2.05) is 18.5 Å². The molecule has 2 fully saturated rings. The Morgan fingerprint density at radius 3 is 2.56 bits per heavy atom. The van der Waals surface area contributed by atoms with Crippen LogP contribution in [-0.4, -0.2) is 21.7 Å². The summed E-state index contributed by atoms with van der Waals surface area (Å²) in [6.07, 6.45) is 3.85. The molecule has 1 amide bonds. The Morgan fingerprint density at radius 2 is 1.89 bits per heavy atom. The molecule has 27 heavy (non-hydrogen) atoms. The van der Waals surface area contributed by atoms with Gasteiger partial charge in [0.25, 0.3) is 0 Å². The van der Waals surface area contributed by atoms with Crippen molar-refractivity contribution in [2.75, 3.05) is 0 Å². The minimum atomic E-state index is -0.0840. The lowest BCUT2D eigenvalue weighted by Gasteiger charge is -2.50. The van der Waals surface area contributed by atoms with Crippen molar-refractivity contribution in [1.82, 2.24) is 15.1 Å². The van der Waals surface area contributed by atoms with Gasteiger partial charge in [0.1, 0.15) is 0 Å². The molecule has 4 rings (SSSR count). The van der Waals surface area contributed by atoms with E-state index in [2.05, 4.69) is 54.6 Å². The topological polar surface area (TPSA) is 46.9 Å². The number of rotatable bonds is 5. The van der Waals surface area contributed by atoms with Crippen LogP contribution in [0.2, 0.25) is 0 Å². The minimum absolute atomic E-state index is 0.0840. The van der Waals surface area contributed by atoms with E-state index in [9.17, 15) is 4.79 Å². The molecule has 1 N–H and O–H groups in total. The Morgan fingerprint density at radius 1 is 1.19 bits per heavy atom. The number of carbonyl (C=O) groups excluding carboxylic acids is 1. The van der Waals surface area contributed by atoms with Crippen molar-refractivity contribution in [3.63, 3.8) is 0 Å². The monoisotopic (exact) mass is 365 g/mol. The second kappa shape index (κ2) is 7.14. The summed E-state index contributed by atoms with van der Waals surface area (Å²) < 4.78 is 1.99. The van der Waals surface area contributed by atoms with Crippen LogP contribution in [0.1, 0.15) is 54.6 Å². The minimum Gasteiger partial charge on any atom is -0.352 e. The van der Waals surface area contributed by atoms with Crippen molar-refractivity contribution in [2.45, 2.75) is 65.5 Å². The highest BCUT2D eigenvalue weighted by Crippen LogP contribution is 2.55. The molecule has 144 valence electrons. The highest BCUT2D eigenvalue weighted by Gasteiger charge is 2.53. The van der Waals surface area contributed by atoms with Crippen LogP contribution in [0.25, 0.3) is 0 Å². The second-order valence-electron chi connectivity index (χ2n) is 8.61. The Bertz CT molecular complexity index is 826. The van der Waals surface area contributed by atoms with Crippen LogP contribution in [-0.2, 0) is 11.3 Å². The van der Waals surface area contributed by atoms with Gasteiger partial charge in [-0.15, -0.1) is 0 Å². The molecule has 4 nitrogen and oxygen atoms in total. The number of amides is 1. The molecule has 0 aliphatic heterocycles. The van der Waals surface area contributed by atoms with Gasteiger partial charge in [-0.1, -0.05) is 43.7 Å². The fraction of sp³-hybridized carbons (Fsp3) is 0.565. The van der Waals surface area contributed by atoms with E-state index in [1.54, 1.807) is 0 Å². The van der Waals surface area contributed by atoms with Crippen LogP contribution in [0.3, 0.4) is 0 Å². The van der Waals surface area contributed by atoms with Gasteiger partial charge in [-0.25, -0.2) is 0 Å². The van der Waals surface area contributed by atoms with Gasteiger partial charge in [-0.3, -0.25) is 9.48 Å². The number of nitrogens with zero attached hydrogens (tertiary/aromatic N) is 2. The molecular weight excluding hydrogens is 334 g/mol. The summed E-state index contributed by atoms with van der Waals surface area (Å²) >= 11 is 0. The van der Waals surface area contributed by atoms with Crippen LogP contribution in [0.15, 0.2) is 30.3 Å². The number of carbonyl (C=O) groups is 1. The molecule has 2 aliphatic rings. The normalized spacial score (nSPS) is 27.7. The van der Waals surface area contributed by atoms with Crippen molar-refractivity contribution in [3.05, 3.63) is 52.8 Å². The molecule has 0 bridgehead atoms. The van der Waals surface area contributed by atoms with Gasteiger partial charge in [0.05, 0.1) is 18.2 Å². The summed E-state index contributed by atoms with van der Waals surface area (Å²) in [6.45, 7) is 8.87. The predicted molar refractivity (Wildman–Crippen MR) is 108 cm³/mol. The fourth-order valence-corrected chi connectivity index (χ4v) is 5.24. The van der Waals surface area contributed by atoms with Crippen LogP contribution in [0.5, 0.6) is 0 Å². The third-order valence-corrected chi connectivity index (χ3v) is 7.07. The average Bonchev–Trinajstić information content (AvgIpc) is 3.17. The maximum atomic E-state index is 13.0. The number of aromatic nitrogens is 2. The van der Waals surface area contributed by atoms with Crippen molar-refractivity contribution in [2.24, 2.45) is 17.8 Å². The molecule has 0 saturated heterocycles. The van der Waals surface area contributed by atoms with E-state index in [-0.39, 0.29) is 17.9 Å². The maximum absolute atomic E-state index is 13.0. The van der Waals surface area contributed by atoms with Gasteiger partial charge < -0.3 is 5.32 Å². The lowest BCUT2D eigenvalue weighted by atomic mass is 9.59. The Balaban J connectivity index is 1.45. The van der Waals surface area contributed by atoms with Crippen molar-refractivity contribution in [1.29, 1.82) is 0 Å². The fourth-order valence-electron chi connectivity index (χ4n) is 5.24. The molecule has 4 heteroatoms. The van der Waals surface area contributed by atoms with E-state index in [1.165, 1.54) is 30.4 Å². The van der Waals surface area contributed by atoms with Crippen molar-refractivity contribution >= 4 is 5.91 Å². The average molecular weight is 366 g/mol. The smallest absolute Gasteiger partial charge is 0.224 e. The van der Waals surface area contributed by atoms with Gasteiger partial charge in [-0.2, -0.15) is 5.10 Å².